The molecule has 0 bridgehead atoms. The van der Waals surface area contributed by atoms with Gasteiger partial charge in [-0.15, -0.1) is 10.2 Å². The molecular formula is C11H18N4OS. The number of aromatic nitrogens is 2. The van der Waals surface area contributed by atoms with E-state index in [1.54, 1.807) is 0 Å². The van der Waals surface area contributed by atoms with Crippen LogP contribution < -0.4 is 10.6 Å². The molecule has 1 atom stereocenters. The molecule has 1 unspecified atom stereocenters. The molecule has 17 heavy (non-hydrogen) atoms. The second kappa shape index (κ2) is 6.07. The molecule has 2 N–H and O–H groups in total. The Morgan fingerprint density at radius 3 is 3.12 bits per heavy atom. The number of rotatable bonds is 3. The first-order chi connectivity index (χ1) is 8.29. The first-order valence-corrected chi connectivity index (χ1v) is 6.98. The summed E-state index contributed by atoms with van der Waals surface area (Å²) in [7, 11) is 0. The summed E-state index contributed by atoms with van der Waals surface area (Å²) in [5, 5.41) is 15.6. The Hall–Kier alpha value is -1.01. The zero-order chi connectivity index (χ0) is 12.1. The molecular weight excluding hydrogens is 236 g/mol. The van der Waals surface area contributed by atoms with Crippen LogP contribution in [0.25, 0.3) is 0 Å². The molecule has 5 nitrogen and oxygen atoms in total. The van der Waals surface area contributed by atoms with Crippen molar-refractivity contribution in [2.24, 2.45) is 0 Å². The van der Waals surface area contributed by atoms with Crippen LogP contribution in [0.1, 0.15) is 37.6 Å². The lowest BCUT2D eigenvalue weighted by molar-refractivity contribution is -0.118. The fourth-order valence-corrected chi connectivity index (χ4v) is 2.57. The van der Waals surface area contributed by atoms with Gasteiger partial charge in [-0.05, 0) is 25.8 Å². The monoisotopic (exact) mass is 254 g/mol. The van der Waals surface area contributed by atoms with Crippen LogP contribution >= 0.6 is 11.3 Å². The minimum Gasteiger partial charge on any atom is -0.306 e. The number of anilines is 1. The fourth-order valence-electron chi connectivity index (χ4n) is 1.89. The molecule has 1 saturated heterocycles. The highest BCUT2D eigenvalue weighted by Crippen LogP contribution is 2.16. The van der Waals surface area contributed by atoms with E-state index in [9.17, 15) is 4.79 Å². The van der Waals surface area contributed by atoms with E-state index in [1.807, 2.05) is 6.92 Å². The summed E-state index contributed by atoms with van der Waals surface area (Å²) in [6.45, 7) is 2.95. The fraction of sp³-hybridized carbons (Fsp3) is 0.727. The van der Waals surface area contributed by atoms with Crippen molar-refractivity contribution in [1.29, 1.82) is 0 Å². The third kappa shape index (κ3) is 3.47. The summed E-state index contributed by atoms with van der Waals surface area (Å²) >= 11 is 1.45. The topological polar surface area (TPSA) is 66.9 Å². The number of carbonyl (C=O) groups is 1. The molecule has 0 radical (unpaired) electrons. The highest BCUT2D eigenvalue weighted by Gasteiger charge is 2.20. The lowest BCUT2D eigenvalue weighted by Crippen LogP contribution is -2.39. The summed E-state index contributed by atoms with van der Waals surface area (Å²) in [5.41, 5.74) is 0. The Kier molecular flexibility index (Phi) is 4.44. The lowest BCUT2D eigenvalue weighted by atomic mass is 10.1. The van der Waals surface area contributed by atoms with Gasteiger partial charge in [-0.3, -0.25) is 10.1 Å². The van der Waals surface area contributed by atoms with Crippen LogP contribution in [-0.4, -0.2) is 28.7 Å². The SMILES string of the molecule is CCc1nnc(NC(=O)C2CCCCCN2)s1. The smallest absolute Gasteiger partial charge is 0.243 e. The number of hydrogen-bond acceptors (Lipinski definition) is 5. The molecule has 1 fully saturated rings. The zero-order valence-electron chi connectivity index (χ0n) is 10.0. The predicted octanol–water partition coefficient (Wildman–Crippen LogP) is 1.57. The van der Waals surface area contributed by atoms with Gasteiger partial charge >= 0.3 is 0 Å². The van der Waals surface area contributed by atoms with E-state index in [-0.39, 0.29) is 11.9 Å². The molecule has 0 spiro atoms. The average molecular weight is 254 g/mol. The average Bonchev–Trinajstić information content (AvgIpc) is 2.62. The van der Waals surface area contributed by atoms with Crippen molar-refractivity contribution in [3.05, 3.63) is 5.01 Å². The van der Waals surface area contributed by atoms with Gasteiger partial charge in [-0.1, -0.05) is 31.1 Å². The van der Waals surface area contributed by atoms with E-state index < -0.39 is 0 Å². The van der Waals surface area contributed by atoms with Gasteiger partial charge in [-0.2, -0.15) is 0 Å². The van der Waals surface area contributed by atoms with Gasteiger partial charge in [-0.25, -0.2) is 0 Å². The van der Waals surface area contributed by atoms with Crippen LogP contribution in [-0.2, 0) is 11.2 Å². The summed E-state index contributed by atoms with van der Waals surface area (Å²) in [4.78, 5) is 12.0. The first-order valence-electron chi connectivity index (χ1n) is 6.16. The molecule has 1 amide bonds. The van der Waals surface area contributed by atoms with Gasteiger partial charge in [0.1, 0.15) is 5.01 Å². The van der Waals surface area contributed by atoms with Crippen LogP contribution in [0.15, 0.2) is 0 Å². The van der Waals surface area contributed by atoms with Crippen molar-refractivity contribution in [3.8, 4) is 0 Å². The quantitative estimate of drug-likeness (QED) is 0.859. The molecule has 2 heterocycles. The number of carbonyl (C=O) groups excluding carboxylic acids is 1. The Bertz CT molecular complexity index is 371. The maximum Gasteiger partial charge on any atom is 0.243 e. The van der Waals surface area contributed by atoms with Gasteiger partial charge in [0.2, 0.25) is 11.0 Å². The third-order valence-electron chi connectivity index (χ3n) is 2.88. The van der Waals surface area contributed by atoms with Crippen molar-refractivity contribution in [1.82, 2.24) is 15.5 Å². The van der Waals surface area contributed by atoms with Crippen LogP contribution in [0.2, 0.25) is 0 Å². The van der Waals surface area contributed by atoms with Crippen molar-refractivity contribution in [3.63, 3.8) is 0 Å². The Morgan fingerprint density at radius 1 is 1.47 bits per heavy atom. The summed E-state index contributed by atoms with van der Waals surface area (Å²) in [6, 6.07) is -0.0773. The van der Waals surface area contributed by atoms with Crippen molar-refractivity contribution >= 4 is 22.4 Å². The second-order valence-corrected chi connectivity index (χ2v) is 5.26. The van der Waals surface area contributed by atoms with Gasteiger partial charge < -0.3 is 5.32 Å². The largest absolute Gasteiger partial charge is 0.306 e. The van der Waals surface area contributed by atoms with Gasteiger partial charge in [0, 0.05) is 0 Å². The molecule has 94 valence electrons. The Labute approximate surface area is 105 Å². The second-order valence-electron chi connectivity index (χ2n) is 4.20. The van der Waals surface area contributed by atoms with E-state index >= 15 is 0 Å². The van der Waals surface area contributed by atoms with E-state index in [4.69, 9.17) is 0 Å². The Morgan fingerprint density at radius 2 is 2.35 bits per heavy atom. The molecule has 6 heteroatoms. The normalized spacial score (nSPS) is 20.9. The number of aryl methyl sites for hydroxylation is 1. The molecule has 1 aromatic heterocycles. The highest BCUT2D eigenvalue weighted by molar-refractivity contribution is 7.15. The van der Waals surface area contributed by atoms with Gasteiger partial charge in [0.15, 0.2) is 0 Å². The van der Waals surface area contributed by atoms with E-state index in [1.165, 1.54) is 17.8 Å². The summed E-state index contributed by atoms with van der Waals surface area (Å²) in [6.07, 6.45) is 5.24. The molecule has 1 aliphatic rings. The molecule has 0 aliphatic carbocycles. The summed E-state index contributed by atoms with van der Waals surface area (Å²) in [5.74, 6) is 0.0192. The minimum absolute atomic E-state index is 0.0192. The van der Waals surface area contributed by atoms with Gasteiger partial charge in [0.05, 0.1) is 6.04 Å². The maximum absolute atomic E-state index is 12.0. The number of nitrogens with one attached hydrogen (secondary N) is 2. The van der Waals surface area contributed by atoms with Crippen molar-refractivity contribution < 1.29 is 4.79 Å². The summed E-state index contributed by atoms with van der Waals surface area (Å²) < 4.78 is 0. The highest BCUT2D eigenvalue weighted by atomic mass is 32.1. The first kappa shape index (κ1) is 12.4. The Balaban J connectivity index is 1.90. The molecule has 1 aromatic rings. The van der Waals surface area contributed by atoms with Crippen molar-refractivity contribution in [2.75, 3.05) is 11.9 Å². The molecule has 0 saturated carbocycles. The minimum atomic E-state index is -0.0773. The number of amides is 1. The molecule has 1 aliphatic heterocycles. The lowest BCUT2D eigenvalue weighted by Gasteiger charge is -2.13. The zero-order valence-corrected chi connectivity index (χ0v) is 10.8. The third-order valence-corrected chi connectivity index (χ3v) is 3.86. The van der Waals surface area contributed by atoms with E-state index in [0.717, 1.165) is 37.2 Å². The van der Waals surface area contributed by atoms with Gasteiger partial charge in [0.25, 0.3) is 0 Å². The van der Waals surface area contributed by atoms with Crippen LogP contribution in [0.4, 0.5) is 5.13 Å². The predicted molar refractivity (Wildman–Crippen MR) is 68.2 cm³/mol. The maximum atomic E-state index is 12.0. The number of hydrogen-bond donors (Lipinski definition) is 2. The standard InChI is InChI=1S/C11H18N4OS/c1-2-9-14-15-11(17-9)13-10(16)8-6-4-3-5-7-12-8/h8,12H,2-7H2,1H3,(H,13,15,16). The van der Waals surface area contributed by atoms with Crippen LogP contribution in [0.3, 0.4) is 0 Å². The van der Waals surface area contributed by atoms with Crippen molar-refractivity contribution in [2.45, 2.75) is 45.1 Å². The number of nitrogens with zero attached hydrogens (tertiary/aromatic N) is 2. The van der Waals surface area contributed by atoms with E-state index in [0.29, 0.717) is 5.13 Å². The van der Waals surface area contributed by atoms with E-state index in [2.05, 4.69) is 20.8 Å². The van der Waals surface area contributed by atoms with Crippen LogP contribution in [0.5, 0.6) is 0 Å². The molecule has 0 aromatic carbocycles. The van der Waals surface area contributed by atoms with Crippen LogP contribution in [0, 0.1) is 0 Å². The molecule has 2 rings (SSSR count).